The summed E-state index contributed by atoms with van der Waals surface area (Å²) in [6.45, 7) is 1.97. The highest BCUT2D eigenvalue weighted by Crippen LogP contribution is 2.02. The molecular weight excluding hydrogens is 167 g/mol. The fraction of sp³-hybridized carbons (Fsp3) is 0.222. The maximum atomic E-state index is 10.6. The van der Waals surface area contributed by atoms with Gasteiger partial charge < -0.3 is 10.0 Å². The van der Waals surface area contributed by atoms with Crippen molar-refractivity contribution in [1.82, 2.24) is 0 Å². The van der Waals surface area contributed by atoms with E-state index in [-0.39, 0.29) is 5.46 Å². The van der Waals surface area contributed by atoms with Gasteiger partial charge in [-0.25, -0.2) is 0 Å². The highest BCUT2D eigenvalue weighted by atomic mass is 16.4. The van der Waals surface area contributed by atoms with E-state index in [2.05, 4.69) is 0 Å². The normalized spacial score (nSPS) is 9.77. The van der Waals surface area contributed by atoms with Gasteiger partial charge in [0.25, 0.3) is 0 Å². The number of aldehydes is 1. The van der Waals surface area contributed by atoms with Crippen molar-refractivity contribution in [3.63, 3.8) is 0 Å². The van der Waals surface area contributed by atoms with Crippen molar-refractivity contribution in [1.29, 1.82) is 0 Å². The average molecular weight is 178 g/mol. The van der Waals surface area contributed by atoms with Crippen molar-refractivity contribution in [2.45, 2.75) is 13.3 Å². The predicted molar refractivity (Wildman–Crippen MR) is 51.0 cm³/mol. The lowest BCUT2D eigenvalue weighted by Crippen LogP contribution is -2.33. The largest absolute Gasteiger partial charge is 0.489 e. The number of hydrogen-bond acceptors (Lipinski definition) is 3. The molecule has 1 aromatic carbocycles. The molecule has 1 aromatic rings. The Hall–Kier alpha value is -1.13. The van der Waals surface area contributed by atoms with Crippen LogP contribution in [-0.4, -0.2) is 23.5 Å². The Morgan fingerprint density at radius 1 is 1.46 bits per heavy atom. The fourth-order valence-electron chi connectivity index (χ4n) is 1.18. The quantitative estimate of drug-likeness (QED) is 0.495. The fourth-order valence-corrected chi connectivity index (χ4v) is 1.18. The van der Waals surface area contributed by atoms with Crippen LogP contribution >= 0.6 is 0 Å². The number of aryl methyl sites for hydroxylation is 1. The molecule has 0 spiro atoms. The van der Waals surface area contributed by atoms with Gasteiger partial charge in [-0.15, -0.1) is 0 Å². The summed E-state index contributed by atoms with van der Waals surface area (Å²) in [7, 11) is -1.58. The molecule has 0 heterocycles. The molecule has 68 valence electrons. The first-order valence-corrected chi connectivity index (χ1v) is 4.13. The van der Waals surface area contributed by atoms with E-state index in [1.165, 1.54) is 0 Å². The third-order valence-corrected chi connectivity index (χ3v) is 1.96. The van der Waals surface area contributed by atoms with E-state index >= 15 is 0 Å². The van der Waals surface area contributed by atoms with E-state index in [1.54, 1.807) is 18.2 Å². The van der Waals surface area contributed by atoms with E-state index in [0.717, 1.165) is 12.0 Å². The van der Waals surface area contributed by atoms with Gasteiger partial charge in [0.2, 0.25) is 0 Å². The molecule has 4 heteroatoms. The third kappa shape index (κ3) is 2.17. The number of carbonyl (C=O) groups excluding carboxylic acids is 1. The molecule has 1 rings (SSSR count). The van der Waals surface area contributed by atoms with Crippen LogP contribution in [0.5, 0.6) is 0 Å². The van der Waals surface area contributed by atoms with Crippen LogP contribution in [-0.2, 0) is 6.42 Å². The first-order valence-electron chi connectivity index (χ1n) is 4.13. The predicted octanol–water partition coefficient (Wildman–Crippen LogP) is -0.259. The molecule has 0 atom stereocenters. The van der Waals surface area contributed by atoms with Crippen LogP contribution in [0.25, 0.3) is 0 Å². The van der Waals surface area contributed by atoms with E-state index in [4.69, 9.17) is 10.0 Å². The van der Waals surface area contributed by atoms with Gasteiger partial charge in [-0.3, -0.25) is 4.79 Å². The monoisotopic (exact) mass is 178 g/mol. The van der Waals surface area contributed by atoms with E-state index in [0.29, 0.717) is 11.8 Å². The van der Waals surface area contributed by atoms with Crippen LogP contribution in [0.1, 0.15) is 22.8 Å². The Bertz CT molecular complexity index is 310. The number of benzene rings is 1. The molecule has 0 fully saturated rings. The van der Waals surface area contributed by atoms with Gasteiger partial charge in [-0.1, -0.05) is 19.1 Å². The molecule has 0 bridgehead atoms. The molecule has 0 aromatic heterocycles. The van der Waals surface area contributed by atoms with Gasteiger partial charge in [-0.05, 0) is 23.5 Å². The maximum Gasteiger partial charge on any atom is 0.489 e. The zero-order chi connectivity index (χ0) is 9.84. The molecule has 0 aliphatic heterocycles. The van der Waals surface area contributed by atoms with Crippen LogP contribution in [0.15, 0.2) is 18.2 Å². The summed E-state index contributed by atoms with van der Waals surface area (Å²) < 4.78 is 0. The SMILES string of the molecule is CCc1ccc(B(O)O)c(C=O)c1. The summed E-state index contributed by atoms with van der Waals surface area (Å²) in [5.74, 6) is 0. The maximum absolute atomic E-state index is 10.6. The van der Waals surface area contributed by atoms with Crippen LogP contribution in [0, 0.1) is 0 Å². The van der Waals surface area contributed by atoms with Gasteiger partial charge in [0.1, 0.15) is 6.29 Å². The molecule has 3 nitrogen and oxygen atoms in total. The van der Waals surface area contributed by atoms with Crippen molar-refractivity contribution in [2.75, 3.05) is 0 Å². The summed E-state index contributed by atoms with van der Waals surface area (Å²) in [4.78, 5) is 10.6. The second kappa shape index (κ2) is 4.21. The second-order valence-corrected chi connectivity index (χ2v) is 2.81. The van der Waals surface area contributed by atoms with Crippen molar-refractivity contribution >= 4 is 18.9 Å². The smallest absolute Gasteiger partial charge is 0.423 e. The molecule has 0 unspecified atom stereocenters. The summed E-state index contributed by atoms with van der Waals surface area (Å²) >= 11 is 0. The zero-order valence-electron chi connectivity index (χ0n) is 7.40. The lowest BCUT2D eigenvalue weighted by Gasteiger charge is -2.04. The van der Waals surface area contributed by atoms with Gasteiger partial charge >= 0.3 is 7.12 Å². The molecule has 0 saturated heterocycles. The number of hydrogen-bond donors (Lipinski definition) is 2. The summed E-state index contributed by atoms with van der Waals surface area (Å²) in [5.41, 5.74) is 1.60. The van der Waals surface area contributed by atoms with Crippen molar-refractivity contribution in [3.8, 4) is 0 Å². The molecule has 0 amide bonds. The van der Waals surface area contributed by atoms with Gasteiger partial charge in [0, 0.05) is 5.56 Å². The Morgan fingerprint density at radius 2 is 2.15 bits per heavy atom. The summed E-state index contributed by atoms with van der Waals surface area (Å²) in [6, 6.07) is 5.01. The van der Waals surface area contributed by atoms with Crippen LogP contribution in [0.2, 0.25) is 0 Å². The van der Waals surface area contributed by atoms with Crippen LogP contribution < -0.4 is 5.46 Å². The van der Waals surface area contributed by atoms with E-state index in [1.807, 2.05) is 6.92 Å². The van der Waals surface area contributed by atoms with E-state index < -0.39 is 7.12 Å². The number of carbonyl (C=O) groups is 1. The molecule has 0 aliphatic rings. The standard InChI is InChI=1S/C9H11BO3/c1-2-7-3-4-9(10(12)13)8(5-7)6-11/h3-6,12-13H,2H2,1H3. The minimum Gasteiger partial charge on any atom is -0.423 e. The van der Waals surface area contributed by atoms with Crippen molar-refractivity contribution < 1.29 is 14.8 Å². The highest BCUT2D eigenvalue weighted by Gasteiger charge is 2.15. The van der Waals surface area contributed by atoms with E-state index in [9.17, 15) is 4.79 Å². The highest BCUT2D eigenvalue weighted by molar-refractivity contribution is 6.60. The molecular formula is C9H11BO3. The second-order valence-electron chi connectivity index (χ2n) is 2.81. The van der Waals surface area contributed by atoms with Gasteiger partial charge in [-0.2, -0.15) is 0 Å². The van der Waals surface area contributed by atoms with Crippen LogP contribution in [0.3, 0.4) is 0 Å². The van der Waals surface area contributed by atoms with Crippen molar-refractivity contribution in [2.24, 2.45) is 0 Å². The first kappa shape index (κ1) is 9.96. The lowest BCUT2D eigenvalue weighted by atomic mass is 9.76. The molecule has 0 aliphatic carbocycles. The Labute approximate surface area is 77.2 Å². The van der Waals surface area contributed by atoms with Gasteiger partial charge in [0.05, 0.1) is 0 Å². The molecule has 13 heavy (non-hydrogen) atoms. The topological polar surface area (TPSA) is 57.5 Å². The summed E-state index contributed by atoms with van der Waals surface area (Å²) in [5, 5.41) is 17.8. The first-order chi connectivity index (χ1) is 6.19. The summed E-state index contributed by atoms with van der Waals surface area (Å²) in [6.07, 6.45) is 1.45. The Kier molecular flexibility index (Phi) is 3.22. The minimum atomic E-state index is -1.58. The average Bonchev–Trinajstić information content (AvgIpc) is 2.16. The van der Waals surface area contributed by atoms with Crippen LogP contribution in [0.4, 0.5) is 0 Å². The number of rotatable bonds is 3. The molecule has 0 radical (unpaired) electrons. The van der Waals surface area contributed by atoms with Crippen molar-refractivity contribution in [3.05, 3.63) is 29.3 Å². The molecule has 0 saturated carbocycles. The Balaban J connectivity index is 3.15. The zero-order valence-corrected chi connectivity index (χ0v) is 7.40. The third-order valence-electron chi connectivity index (χ3n) is 1.96. The lowest BCUT2D eigenvalue weighted by molar-refractivity contribution is 0.112. The Morgan fingerprint density at radius 3 is 2.62 bits per heavy atom. The minimum absolute atomic E-state index is 0.257. The van der Waals surface area contributed by atoms with Gasteiger partial charge in [0.15, 0.2) is 0 Å². The molecule has 2 N–H and O–H groups in total.